The van der Waals surface area contributed by atoms with Gasteiger partial charge >= 0.3 is 6.18 Å². The van der Waals surface area contributed by atoms with E-state index in [9.17, 15) is 26.7 Å². The molecule has 0 saturated carbocycles. The quantitative estimate of drug-likeness (QED) is 0.860. The van der Waals surface area contributed by atoms with Crippen LogP contribution in [0.4, 0.5) is 22.0 Å². The van der Waals surface area contributed by atoms with E-state index in [2.05, 4.69) is 5.16 Å². The molecule has 24 heavy (non-hydrogen) atoms. The Balaban J connectivity index is 2.27. The second-order valence-corrected chi connectivity index (χ2v) is 5.16. The highest BCUT2D eigenvalue weighted by molar-refractivity contribution is 5.79. The molecule has 9 heteroatoms. The molecule has 0 aliphatic rings. The van der Waals surface area contributed by atoms with Gasteiger partial charge in [0.1, 0.15) is 5.76 Å². The molecule has 0 saturated heterocycles. The van der Waals surface area contributed by atoms with Crippen LogP contribution in [0.3, 0.4) is 0 Å². The van der Waals surface area contributed by atoms with Crippen molar-refractivity contribution in [2.24, 2.45) is 0 Å². The molecule has 1 atom stereocenters. The van der Waals surface area contributed by atoms with E-state index in [0.717, 1.165) is 12.1 Å². The predicted molar refractivity (Wildman–Crippen MR) is 73.0 cm³/mol. The van der Waals surface area contributed by atoms with E-state index in [1.807, 2.05) is 0 Å². The van der Waals surface area contributed by atoms with Crippen LogP contribution in [-0.2, 0) is 11.2 Å². The molecule has 1 aromatic carbocycles. The summed E-state index contributed by atoms with van der Waals surface area (Å²) in [6, 6.07) is -0.265. The van der Waals surface area contributed by atoms with Gasteiger partial charge in [-0.3, -0.25) is 4.79 Å². The summed E-state index contributed by atoms with van der Waals surface area (Å²) >= 11 is 0. The van der Waals surface area contributed by atoms with Crippen molar-refractivity contribution in [2.45, 2.75) is 32.5 Å². The third-order valence-corrected chi connectivity index (χ3v) is 3.44. The average Bonchev–Trinajstić information content (AvgIpc) is 2.79. The molecule has 0 unspecified atom stereocenters. The third kappa shape index (κ3) is 3.72. The van der Waals surface area contributed by atoms with Crippen molar-refractivity contribution in [2.75, 3.05) is 0 Å². The fraction of sp³-hybridized carbons (Fsp3) is 0.333. The van der Waals surface area contributed by atoms with Gasteiger partial charge in [0, 0.05) is 11.1 Å². The molecule has 1 heterocycles. The zero-order chi connectivity index (χ0) is 18.1. The van der Waals surface area contributed by atoms with Crippen molar-refractivity contribution in [3.05, 3.63) is 52.4 Å². The lowest BCUT2D eigenvalue weighted by molar-refractivity contribution is -0.163. The minimum atomic E-state index is -5.00. The van der Waals surface area contributed by atoms with Crippen molar-refractivity contribution in [3.63, 3.8) is 0 Å². The highest BCUT2D eigenvalue weighted by Gasteiger charge is 2.43. The van der Waals surface area contributed by atoms with Gasteiger partial charge in [-0.2, -0.15) is 13.2 Å². The number of benzene rings is 1. The summed E-state index contributed by atoms with van der Waals surface area (Å²) in [5.74, 6) is -3.81. The van der Waals surface area contributed by atoms with E-state index >= 15 is 0 Å². The molecule has 0 fully saturated rings. The van der Waals surface area contributed by atoms with Gasteiger partial charge < -0.3 is 9.84 Å². The van der Waals surface area contributed by atoms with E-state index in [1.165, 1.54) is 13.8 Å². The van der Waals surface area contributed by atoms with Crippen LogP contribution in [0.2, 0.25) is 0 Å². The molecule has 2 rings (SSSR count). The molecule has 1 amide bonds. The first kappa shape index (κ1) is 17.9. The summed E-state index contributed by atoms with van der Waals surface area (Å²) < 4.78 is 71.3. The second-order valence-electron chi connectivity index (χ2n) is 5.16. The van der Waals surface area contributed by atoms with Crippen LogP contribution < -0.4 is 5.32 Å². The number of hydrogen-bond acceptors (Lipinski definition) is 3. The van der Waals surface area contributed by atoms with Gasteiger partial charge in [0.05, 0.1) is 12.1 Å². The topological polar surface area (TPSA) is 55.1 Å². The Kier molecular flexibility index (Phi) is 4.91. The van der Waals surface area contributed by atoms with E-state index in [0.29, 0.717) is 23.1 Å². The Morgan fingerprint density at radius 3 is 2.50 bits per heavy atom. The number of halogens is 5. The number of aryl methyl sites for hydroxylation is 2. The van der Waals surface area contributed by atoms with Crippen LogP contribution in [0.25, 0.3) is 0 Å². The first-order valence-electron chi connectivity index (χ1n) is 6.83. The Morgan fingerprint density at radius 2 is 1.96 bits per heavy atom. The van der Waals surface area contributed by atoms with Crippen LogP contribution in [0.5, 0.6) is 0 Å². The molecule has 0 aliphatic heterocycles. The van der Waals surface area contributed by atoms with Crippen molar-refractivity contribution >= 4 is 5.91 Å². The van der Waals surface area contributed by atoms with Crippen molar-refractivity contribution in [3.8, 4) is 0 Å². The Labute approximate surface area is 133 Å². The zero-order valence-electron chi connectivity index (χ0n) is 12.7. The van der Waals surface area contributed by atoms with Crippen LogP contribution in [0.1, 0.15) is 28.6 Å². The molecule has 4 nitrogen and oxygen atoms in total. The van der Waals surface area contributed by atoms with Gasteiger partial charge in [0.15, 0.2) is 17.7 Å². The lowest BCUT2D eigenvalue weighted by Gasteiger charge is -2.22. The first-order chi connectivity index (χ1) is 11.1. The molecular formula is C15H13F5N2O2. The molecule has 0 spiro atoms. The van der Waals surface area contributed by atoms with Gasteiger partial charge in [0.25, 0.3) is 0 Å². The van der Waals surface area contributed by atoms with Gasteiger partial charge in [-0.25, -0.2) is 8.78 Å². The number of alkyl halides is 3. The molecule has 0 aliphatic carbocycles. The zero-order valence-corrected chi connectivity index (χ0v) is 12.7. The Hall–Kier alpha value is -2.45. The summed E-state index contributed by atoms with van der Waals surface area (Å²) in [4.78, 5) is 11.9. The lowest BCUT2D eigenvalue weighted by atomic mass is 10.0. The Bertz CT molecular complexity index is 735. The Morgan fingerprint density at radius 1 is 1.29 bits per heavy atom. The van der Waals surface area contributed by atoms with Crippen molar-refractivity contribution < 1.29 is 31.3 Å². The second kappa shape index (κ2) is 6.58. The highest BCUT2D eigenvalue weighted by atomic mass is 19.4. The monoisotopic (exact) mass is 348 g/mol. The van der Waals surface area contributed by atoms with Gasteiger partial charge in [-0.1, -0.05) is 17.3 Å². The maximum atomic E-state index is 13.7. The molecule has 0 radical (unpaired) electrons. The van der Waals surface area contributed by atoms with E-state index in [-0.39, 0.29) is 0 Å². The number of amides is 1. The number of nitrogens with one attached hydrogen (secondary N) is 1. The molecule has 1 aromatic heterocycles. The smallest absolute Gasteiger partial charge is 0.361 e. The third-order valence-electron chi connectivity index (χ3n) is 3.44. The molecule has 1 N–H and O–H groups in total. The van der Waals surface area contributed by atoms with E-state index < -0.39 is 41.7 Å². The first-order valence-corrected chi connectivity index (χ1v) is 6.83. The standard InChI is InChI=1S/C15H13F5N2O2/c1-7-10(8(2)24-22-7)6-12(23)21-14(15(18,19)20)9-4-3-5-11(16)13(9)17/h3-5,14H,6H2,1-2H3,(H,21,23)/t14-/m0/s1. The number of rotatable bonds is 4. The van der Waals surface area contributed by atoms with Gasteiger partial charge in [0.2, 0.25) is 5.91 Å². The van der Waals surface area contributed by atoms with Crippen molar-refractivity contribution in [1.82, 2.24) is 10.5 Å². The molecule has 2 aromatic rings. The van der Waals surface area contributed by atoms with Crippen LogP contribution >= 0.6 is 0 Å². The summed E-state index contributed by atoms with van der Waals surface area (Å²) in [5.41, 5.74) is -0.286. The summed E-state index contributed by atoms with van der Waals surface area (Å²) in [6.45, 7) is 3.04. The largest absolute Gasteiger partial charge is 0.412 e. The van der Waals surface area contributed by atoms with Crippen LogP contribution in [0, 0.1) is 25.5 Å². The van der Waals surface area contributed by atoms with E-state index in [1.54, 1.807) is 5.32 Å². The van der Waals surface area contributed by atoms with Crippen LogP contribution in [0.15, 0.2) is 22.7 Å². The molecular weight excluding hydrogens is 335 g/mol. The minimum absolute atomic E-state index is 0.295. The average molecular weight is 348 g/mol. The molecule has 0 bridgehead atoms. The fourth-order valence-corrected chi connectivity index (χ4v) is 2.21. The van der Waals surface area contributed by atoms with Gasteiger partial charge in [-0.15, -0.1) is 0 Å². The maximum Gasteiger partial charge on any atom is 0.412 e. The van der Waals surface area contributed by atoms with Crippen molar-refractivity contribution in [1.29, 1.82) is 0 Å². The molecule has 130 valence electrons. The minimum Gasteiger partial charge on any atom is -0.361 e. The number of carbonyl (C=O) groups excluding carboxylic acids is 1. The summed E-state index contributed by atoms with van der Waals surface area (Å²) in [6.07, 6.45) is -5.42. The fourth-order valence-electron chi connectivity index (χ4n) is 2.21. The number of aromatic nitrogens is 1. The highest BCUT2D eigenvalue weighted by Crippen LogP contribution is 2.34. The van der Waals surface area contributed by atoms with E-state index in [4.69, 9.17) is 4.52 Å². The number of hydrogen-bond donors (Lipinski definition) is 1. The lowest BCUT2D eigenvalue weighted by Crippen LogP contribution is -2.39. The normalized spacial score (nSPS) is 13.0. The SMILES string of the molecule is Cc1noc(C)c1CC(=O)N[C@@H](c1cccc(F)c1F)C(F)(F)F. The maximum absolute atomic E-state index is 13.7. The summed E-state index contributed by atoms with van der Waals surface area (Å²) in [7, 11) is 0. The van der Waals surface area contributed by atoms with Gasteiger partial charge in [-0.05, 0) is 19.9 Å². The number of nitrogens with zero attached hydrogens (tertiary/aromatic N) is 1. The van der Waals surface area contributed by atoms with Crippen LogP contribution in [-0.4, -0.2) is 17.2 Å². The number of carbonyl (C=O) groups is 1. The summed E-state index contributed by atoms with van der Waals surface area (Å²) in [5, 5.41) is 5.29. The predicted octanol–water partition coefficient (Wildman–Crippen LogP) is 3.53.